The molecule has 2 heterocycles. The summed E-state index contributed by atoms with van der Waals surface area (Å²) in [6.45, 7) is 9.30. The van der Waals surface area contributed by atoms with Gasteiger partial charge in [0.05, 0.1) is 10.7 Å². The molecule has 5 heteroatoms. The Bertz CT molecular complexity index is 585. The quantitative estimate of drug-likeness (QED) is 0.861. The third-order valence-electron chi connectivity index (χ3n) is 4.31. The fourth-order valence-corrected chi connectivity index (χ4v) is 3.59. The Morgan fingerprint density at radius 2 is 1.77 bits per heavy atom. The minimum absolute atomic E-state index is 0.797. The van der Waals surface area contributed by atoms with Crippen LogP contribution in [0.3, 0.4) is 0 Å². The molecular weight excluding hydrogens is 292 g/mol. The summed E-state index contributed by atoms with van der Waals surface area (Å²) in [4.78, 5) is 9.83. The number of benzene rings is 1. The highest BCUT2D eigenvalue weighted by Crippen LogP contribution is 2.23. The first-order valence-electron chi connectivity index (χ1n) is 7.99. The van der Waals surface area contributed by atoms with E-state index in [-0.39, 0.29) is 0 Å². The van der Waals surface area contributed by atoms with Crippen LogP contribution in [0.15, 0.2) is 29.6 Å². The van der Waals surface area contributed by atoms with E-state index in [0.717, 1.165) is 29.9 Å². The van der Waals surface area contributed by atoms with E-state index >= 15 is 0 Å². The van der Waals surface area contributed by atoms with E-state index < -0.39 is 0 Å². The lowest BCUT2D eigenvalue weighted by atomic mass is 10.1. The zero-order chi connectivity index (χ0) is 15.4. The molecule has 1 aliphatic rings. The normalized spacial score (nSPS) is 17.0. The second kappa shape index (κ2) is 7.22. The Morgan fingerprint density at radius 3 is 2.45 bits per heavy atom. The first kappa shape index (κ1) is 15.5. The summed E-state index contributed by atoms with van der Waals surface area (Å²) in [6.07, 6.45) is 1.05. The van der Waals surface area contributed by atoms with Gasteiger partial charge in [-0.2, -0.15) is 0 Å². The van der Waals surface area contributed by atoms with Crippen molar-refractivity contribution < 1.29 is 0 Å². The van der Waals surface area contributed by atoms with Crippen molar-refractivity contribution in [3.8, 4) is 11.3 Å². The third-order valence-corrected chi connectivity index (χ3v) is 5.22. The Kier molecular flexibility index (Phi) is 5.08. The lowest BCUT2D eigenvalue weighted by molar-refractivity contribution is 0.138. The van der Waals surface area contributed by atoms with Gasteiger partial charge in [0, 0.05) is 55.8 Å². The molecule has 0 radical (unpaired) electrons. The maximum absolute atomic E-state index is 5.73. The highest BCUT2D eigenvalue weighted by Gasteiger charge is 2.15. The van der Waals surface area contributed by atoms with E-state index in [4.69, 9.17) is 10.7 Å². The molecule has 0 bridgehead atoms. The maximum Gasteiger partial charge on any atom is 0.0945 e. The molecule has 0 atom stereocenters. The number of piperazine rings is 1. The largest absolute Gasteiger partial charge is 0.399 e. The van der Waals surface area contributed by atoms with Crippen LogP contribution in [0.2, 0.25) is 0 Å². The summed E-state index contributed by atoms with van der Waals surface area (Å²) in [7, 11) is 0. The van der Waals surface area contributed by atoms with E-state index in [2.05, 4.69) is 22.1 Å². The molecule has 0 saturated carbocycles. The summed E-state index contributed by atoms with van der Waals surface area (Å²) in [5.41, 5.74) is 8.74. The molecule has 0 amide bonds. The van der Waals surface area contributed by atoms with Crippen molar-refractivity contribution in [3.05, 3.63) is 34.7 Å². The lowest BCUT2D eigenvalue weighted by Crippen LogP contribution is -2.46. The summed E-state index contributed by atoms with van der Waals surface area (Å²) < 4.78 is 0. The number of rotatable bonds is 5. The minimum atomic E-state index is 0.797. The van der Waals surface area contributed by atoms with Crippen molar-refractivity contribution in [3.63, 3.8) is 0 Å². The molecule has 0 unspecified atom stereocenters. The predicted octanol–water partition coefficient (Wildman–Crippen LogP) is 2.57. The fourth-order valence-electron chi connectivity index (χ4n) is 2.80. The van der Waals surface area contributed by atoms with Crippen LogP contribution in [0.5, 0.6) is 0 Å². The highest BCUT2D eigenvalue weighted by molar-refractivity contribution is 7.09. The second-order valence-electron chi connectivity index (χ2n) is 5.77. The lowest BCUT2D eigenvalue weighted by Gasteiger charge is -2.33. The van der Waals surface area contributed by atoms with Gasteiger partial charge in [0.15, 0.2) is 0 Å². The van der Waals surface area contributed by atoms with E-state index in [1.807, 2.05) is 24.3 Å². The van der Waals surface area contributed by atoms with E-state index in [0.29, 0.717) is 0 Å². The summed E-state index contributed by atoms with van der Waals surface area (Å²) >= 11 is 1.76. The number of likely N-dealkylation sites (N-methyl/N-ethyl adjacent to an activating group) is 1. The van der Waals surface area contributed by atoms with Crippen LogP contribution in [0.4, 0.5) is 5.69 Å². The van der Waals surface area contributed by atoms with Crippen molar-refractivity contribution in [2.24, 2.45) is 0 Å². The van der Waals surface area contributed by atoms with E-state index in [1.54, 1.807) is 11.3 Å². The zero-order valence-corrected chi connectivity index (χ0v) is 14.0. The first-order valence-corrected chi connectivity index (χ1v) is 8.87. The van der Waals surface area contributed by atoms with E-state index in [1.165, 1.54) is 37.7 Å². The molecule has 1 fully saturated rings. The van der Waals surface area contributed by atoms with Crippen LogP contribution in [0, 0.1) is 0 Å². The van der Waals surface area contributed by atoms with Crippen molar-refractivity contribution in [2.45, 2.75) is 13.3 Å². The number of aromatic nitrogens is 1. The Labute approximate surface area is 136 Å². The second-order valence-corrected chi connectivity index (χ2v) is 6.72. The minimum Gasteiger partial charge on any atom is -0.399 e. The van der Waals surface area contributed by atoms with Gasteiger partial charge in [-0.15, -0.1) is 11.3 Å². The number of hydrogen-bond acceptors (Lipinski definition) is 5. The summed E-state index contributed by atoms with van der Waals surface area (Å²) in [5, 5.41) is 3.38. The van der Waals surface area contributed by atoms with Gasteiger partial charge in [0.2, 0.25) is 0 Å². The van der Waals surface area contributed by atoms with Crippen LogP contribution in [-0.2, 0) is 6.42 Å². The number of nitrogens with zero attached hydrogens (tertiary/aromatic N) is 3. The highest BCUT2D eigenvalue weighted by atomic mass is 32.1. The van der Waals surface area contributed by atoms with Crippen molar-refractivity contribution in [1.82, 2.24) is 14.8 Å². The standard InChI is InChI=1S/C17H24N4S/c1-2-20-9-11-21(12-10-20)8-7-17-19-16(13-22-17)14-3-5-15(18)6-4-14/h3-6,13H,2,7-12,18H2,1H3. The molecule has 0 aliphatic carbocycles. The molecule has 4 nitrogen and oxygen atoms in total. The van der Waals surface area contributed by atoms with Crippen LogP contribution in [0.1, 0.15) is 11.9 Å². The topological polar surface area (TPSA) is 45.4 Å². The number of thiazole rings is 1. The van der Waals surface area contributed by atoms with Crippen LogP contribution in [0.25, 0.3) is 11.3 Å². The van der Waals surface area contributed by atoms with Crippen molar-refractivity contribution in [1.29, 1.82) is 0 Å². The molecule has 1 aromatic carbocycles. The monoisotopic (exact) mass is 316 g/mol. The number of hydrogen-bond donors (Lipinski definition) is 1. The smallest absolute Gasteiger partial charge is 0.0945 e. The summed E-state index contributed by atoms with van der Waals surface area (Å²) in [5.74, 6) is 0. The van der Waals surface area contributed by atoms with Crippen LogP contribution >= 0.6 is 11.3 Å². The van der Waals surface area contributed by atoms with Gasteiger partial charge in [0.1, 0.15) is 0 Å². The summed E-state index contributed by atoms with van der Waals surface area (Å²) in [6, 6.07) is 7.94. The molecule has 118 valence electrons. The molecule has 3 rings (SSSR count). The molecular formula is C17H24N4S. The molecule has 22 heavy (non-hydrogen) atoms. The van der Waals surface area contributed by atoms with Crippen LogP contribution < -0.4 is 5.73 Å². The first-order chi connectivity index (χ1) is 10.7. The Balaban J connectivity index is 1.53. The molecule has 1 saturated heterocycles. The van der Waals surface area contributed by atoms with Gasteiger partial charge in [-0.25, -0.2) is 4.98 Å². The molecule has 0 spiro atoms. The van der Waals surface area contributed by atoms with Gasteiger partial charge in [-0.3, -0.25) is 0 Å². The Hall–Kier alpha value is -1.43. The predicted molar refractivity (Wildman–Crippen MR) is 94.2 cm³/mol. The van der Waals surface area contributed by atoms with E-state index in [9.17, 15) is 0 Å². The average molecular weight is 316 g/mol. The maximum atomic E-state index is 5.73. The number of nitrogens with two attached hydrogens (primary N) is 1. The zero-order valence-electron chi connectivity index (χ0n) is 13.2. The van der Waals surface area contributed by atoms with Gasteiger partial charge < -0.3 is 15.5 Å². The van der Waals surface area contributed by atoms with Crippen molar-refractivity contribution in [2.75, 3.05) is 45.0 Å². The van der Waals surface area contributed by atoms with Crippen molar-refractivity contribution >= 4 is 17.0 Å². The van der Waals surface area contributed by atoms with Crippen LogP contribution in [-0.4, -0.2) is 54.1 Å². The molecule has 1 aromatic heterocycles. The molecule has 2 N–H and O–H groups in total. The number of nitrogen functional groups attached to an aromatic ring is 1. The Morgan fingerprint density at radius 1 is 1.09 bits per heavy atom. The van der Waals surface area contributed by atoms with Gasteiger partial charge >= 0.3 is 0 Å². The fraction of sp³-hybridized carbons (Fsp3) is 0.471. The molecule has 2 aromatic rings. The number of anilines is 1. The average Bonchev–Trinajstić information content (AvgIpc) is 3.03. The molecule has 1 aliphatic heterocycles. The third kappa shape index (κ3) is 3.85. The van der Waals surface area contributed by atoms with Gasteiger partial charge in [-0.1, -0.05) is 19.1 Å². The van der Waals surface area contributed by atoms with Gasteiger partial charge in [-0.05, 0) is 18.7 Å². The SMILES string of the molecule is CCN1CCN(CCc2nc(-c3ccc(N)cc3)cs2)CC1. The van der Waals surface area contributed by atoms with Gasteiger partial charge in [0.25, 0.3) is 0 Å².